The first kappa shape index (κ1) is 20.6. The van der Waals surface area contributed by atoms with E-state index in [2.05, 4.69) is 25.3 Å². The lowest BCUT2D eigenvalue weighted by molar-refractivity contribution is 0.104. The molecule has 0 unspecified atom stereocenters. The Balaban J connectivity index is 0.00000132. The molecule has 1 aromatic heterocycles. The van der Waals surface area contributed by atoms with E-state index in [1.807, 2.05) is 6.92 Å². The van der Waals surface area contributed by atoms with Gasteiger partial charge in [-0.05, 0) is 31.8 Å². The molecule has 1 N–H and O–H groups in total. The molecule has 1 aromatic rings. The minimum absolute atomic E-state index is 0. The molecule has 2 saturated heterocycles. The predicted molar refractivity (Wildman–Crippen MR) is 95.5 cm³/mol. The summed E-state index contributed by atoms with van der Waals surface area (Å²) in [6, 6.07) is 0. The van der Waals surface area contributed by atoms with E-state index in [9.17, 15) is 0 Å². The summed E-state index contributed by atoms with van der Waals surface area (Å²) in [4.78, 5) is 9.45. The summed E-state index contributed by atoms with van der Waals surface area (Å²) >= 11 is 0. The van der Waals surface area contributed by atoms with E-state index in [0.717, 1.165) is 43.7 Å². The van der Waals surface area contributed by atoms with Crippen LogP contribution in [0, 0.1) is 5.92 Å². The standard InChI is InChI=1S/C15H27N5O.2ClH/c1-2-15-17-14(18-21-15)12-20-9-7-19(8-10-20)11-13-3-5-16-6-4-13;;/h13,16H,2-12H2,1H3;2*1H. The number of piperazine rings is 1. The molecule has 0 spiro atoms. The van der Waals surface area contributed by atoms with Gasteiger partial charge < -0.3 is 14.7 Å². The number of rotatable bonds is 5. The number of aromatic nitrogens is 2. The van der Waals surface area contributed by atoms with Gasteiger partial charge in [0.25, 0.3) is 0 Å². The lowest BCUT2D eigenvalue weighted by atomic mass is 9.97. The summed E-state index contributed by atoms with van der Waals surface area (Å²) in [5.74, 6) is 2.47. The van der Waals surface area contributed by atoms with Crippen molar-refractivity contribution in [1.82, 2.24) is 25.3 Å². The number of nitrogens with zero attached hydrogens (tertiary/aromatic N) is 4. The molecule has 23 heavy (non-hydrogen) atoms. The van der Waals surface area contributed by atoms with Crippen molar-refractivity contribution in [2.45, 2.75) is 32.7 Å². The van der Waals surface area contributed by atoms with Crippen molar-refractivity contribution in [2.24, 2.45) is 5.92 Å². The molecule has 3 heterocycles. The molecule has 0 radical (unpaired) electrons. The fraction of sp³-hybridized carbons (Fsp3) is 0.867. The fourth-order valence-electron chi connectivity index (χ4n) is 3.26. The van der Waals surface area contributed by atoms with Crippen LogP contribution in [-0.2, 0) is 13.0 Å². The Bertz CT molecular complexity index is 431. The average molecular weight is 366 g/mol. The molecule has 0 saturated carbocycles. The molecule has 3 rings (SSSR count). The predicted octanol–water partition coefficient (Wildman–Crippen LogP) is 1.59. The second-order valence-electron chi connectivity index (χ2n) is 6.23. The van der Waals surface area contributed by atoms with Gasteiger partial charge in [-0.25, -0.2) is 0 Å². The van der Waals surface area contributed by atoms with Gasteiger partial charge in [0.2, 0.25) is 5.89 Å². The van der Waals surface area contributed by atoms with Crippen molar-refractivity contribution in [3.8, 4) is 0 Å². The highest BCUT2D eigenvalue weighted by atomic mass is 35.5. The maximum absolute atomic E-state index is 5.17. The second kappa shape index (κ2) is 10.5. The smallest absolute Gasteiger partial charge is 0.226 e. The van der Waals surface area contributed by atoms with E-state index in [4.69, 9.17) is 4.52 Å². The molecule has 0 aliphatic carbocycles. The number of hydrogen-bond acceptors (Lipinski definition) is 6. The summed E-state index contributed by atoms with van der Waals surface area (Å²) < 4.78 is 5.17. The topological polar surface area (TPSA) is 57.4 Å². The highest BCUT2D eigenvalue weighted by Crippen LogP contribution is 2.15. The van der Waals surface area contributed by atoms with Gasteiger partial charge >= 0.3 is 0 Å². The Morgan fingerprint density at radius 3 is 2.35 bits per heavy atom. The molecule has 0 aromatic carbocycles. The summed E-state index contributed by atoms with van der Waals surface area (Å²) in [6.07, 6.45) is 3.49. The summed E-state index contributed by atoms with van der Waals surface area (Å²) in [6.45, 7) is 11.1. The monoisotopic (exact) mass is 365 g/mol. The van der Waals surface area contributed by atoms with Crippen molar-refractivity contribution in [3.63, 3.8) is 0 Å². The van der Waals surface area contributed by atoms with Gasteiger partial charge in [0.15, 0.2) is 5.82 Å². The molecule has 8 heteroatoms. The van der Waals surface area contributed by atoms with E-state index >= 15 is 0 Å². The average Bonchev–Trinajstić information content (AvgIpc) is 2.98. The van der Waals surface area contributed by atoms with Crippen molar-refractivity contribution < 1.29 is 4.52 Å². The van der Waals surface area contributed by atoms with Crippen LogP contribution >= 0.6 is 24.8 Å². The van der Waals surface area contributed by atoms with Gasteiger partial charge in [0, 0.05) is 39.1 Å². The highest BCUT2D eigenvalue weighted by molar-refractivity contribution is 5.85. The first-order valence-electron chi connectivity index (χ1n) is 8.30. The van der Waals surface area contributed by atoms with E-state index in [0.29, 0.717) is 0 Å². The molecule has 0 bridgehead atoms. The van der Waals surface area contributed by atoms with Crippen molar-refractivity contribution >= 4 is 24.8 Å². The molecule has 6 nitrogen and oxygen atoms in total. The zero-order valence-electron chi connectivity index (χ0n) is 13.9. The zero-order valence-corrected chi connectivity index (χ0v) is 15.5. The SMILES string of the molecule is CCc1nc(CN2CCN(CC3CCNCC3)CC2)no1.Cl.Cl. The van der Waals surface area contributed by atoms with E-state index in [1.54, 1.807) is 0 Å². The Hall–Kier alpha value is -0.400. The van der Waals surface area contributed by atoms with Gasteiger partial charge in [-0.15, -0.1) is 24.8 Å². The maximum Gasteiger partial charge on any atom is 0.226 e. The van der Waals surface area contributed by atoms with Crippen LogP contribution in [-0.4, -0.2) is 65.8 Å². The maximum atomic E-state index is 5.17. The van der Waals surface area contributed by atoms with Crippen molar-refractivity contribution in [1.29, 1.82) is 0 Å². The minimum atomic E-state index is 0. The quantitative estimate of drug-likeness (QED) is 0.854. The Morgan fingerprint density at radius 2 is 1.74 bits per heavy atom. The van der Waals surface area contributed by atoms with Crippen LogP contribution < -0.4 is 5.32 Å². The first-order valence-corrected chi connectivity index (χ1v) is 8.30. The van der Waals surface area contributed by atoms with Crippen LogP contribution in [0.4, 0.5) is 0 Å². The Labute approximate surface area is 151 Å². The van der Waals surface area contributed by atoms with Crippen LogP contribution in [0.2, 0.25) is 0 Å². The Kier molecular flexibility index (Phi) is 9.39. The van der Waals surface area contributed by atoms with E-state index in [1.165, 1.54) is 45.6 Å². The second-order valence-corrected chi connectivity index (χ2v) is 6.23. The molecule has 134 valence electrons. The Morgan fingerprint density at radius 1 is 1.09 bits per heavy atom. The van der Waals surface area contributed by atoms with Crippen LogP contribution in [0.1, 0.15) is 31.5 Å². The molecule has 2 aliphatic rings. The zero-order chi connectivity index (χ0) is 14.5. The largest absolute Gasteiger partial charge is 0.339 e. The normalized spacial score (nSPS) is 20.7. The molecular formula is C15H29Cl2N5O. The lowest BCUT2D eigenvalue weighted by Gasteiger charge is -2.36. The summed E-state index contributed by atoms with van der Waals surface area (Å²) in [7, 11) is 0. The van der Waals surface area contributed by atoms with Crippen LogP contribution in [0.15, 0.2) is 4.52 Å². The van der Waals surface area contributed by atoms with E-state index < -0.39 is 0 Å². The molecule has 2 aliphatic heterocycles. The number of hydrogen-bond donors (Lipinski definition) is 1. The highest BCUT2D eigenvalue weighted by Gasteiger charge is 2.22. The van der Waals surface area contributed by atoms with Crippen LogP contribution in [0.3, 0.4) is 0 Å². The fourth-order valence-corrected chi connectivity index (χ4v) is 3.26. The van der Waals surface area contributed by atoms with Gasteiger partial charge in [-0.3, -0.25) is 4.90 Å². The third-order valence-electron chi connectivity index (χ3n) is 4.62. The number of halogens is 2. The van der Waals surface area contributed by atoms with E-state index in [-0.39, 0.29) is 24.8 Å². The molecular weight excluding hydrogens is 337 g/mol. The third-order valence-corrected chi connectivity index (χ3v) is 4.62. The first-order chi connectivity index (χ1) is 10.3. The lowest BCUT2D eigenvalue weighted by Crippen LogP contribution is -2.48. The van der Waals surface area contributed by atoms with Crippen molar-refractivity contribution in [3.05, 3.63) is 11.7 Å². The number of nitrogens with one attached hydrogen (secondary N) is 1. The van der Waals surface area contributed by atoms with Gasteiger partial charge in [-0.1, -0.05) is 12.1 Å². The summed E-state index contributed by atoms with van der Waals surface area (Å²) in [5.41, 5.74) is 0. The third kappa shape index (κ3) is 6.19. The van der Waals surface area contributed by atoms with Gasteiger partial charge in [-0.2, -0.15) is 4.98 Å². The minimum Gasteiger partial charge on any atom is -0.339 e. The van der Waals surface area contributed by atoms with Crippen LogP contribution in [0.25, 0.3) is 0 Å². The van der Waals surface area contributed by atoms with Gasteiger partial charge in [0.1, 0.15) is 0 Å². The molecule has 0 atom stereocenters. The molecule has 2 fully saturated rings. The number of piperidine rings is 1. The molecule has 0 amide bonds. The van der Waals surface area contributed by atoms with Crippen LogP contribution in [0.5, 0.6) is 0 Å². The number of aryl methyl sites for hydroxylation is 1. The summed E-state index contributed by atoms with van der Waals surface area (Å²) in [5, 5.41) is 7.49. The van der Waals surface area contributed by atoms with Gasteiger partial charge in [0.05, 0.1) is 6.54 Å². The van der Waals surface area contributed by atoms with Crippen molar-refractivity contribution in [2.75, 3.05) is 45.8 Å².